The second-order valence-corrected chi connectivity index (χ2v) is 2.96. The first-order chi connectivity index (χ1) is 7.04. The molecule has 0 radical (unpaired) electrons. The van der Waals surface area contributed by atoms with Gasteiger partial charge in [-0.1, -0.05) is 0 Å². The summed E-state index contributed by atoms with van der Waals surface area (Å²) in [5.74, 6) is -1.03. The lowest BCUT2D eigenvalue weighted by Gasteiger charge is -2.09. The number of carboxylic acids is 1. The van der Waals surface area contributed by atoms with E-state index in [4.69, 9.17) is 9.52 Å². The van der Waals surface area contributed by atoms with Crippen molar-refractivity contribution >= 4 is 17.8 Å². The average molecular weight is 212 g/mol. The highest BCUT2D eigenvalue weighted by Gasteiger charge is 2.24. The third-order valence-electron chi connectivity index (χ3n) is 1.78. The monoisotopic (exact) mass is 212 g/mol. The molecule has 6 heteroatoms. The molecule has 1 aromatic rings. The molecule has 0 spiro atoms. The maximum absolute atomic E-state index is 11.4. The number of carbonyl (C=O) groups excluding carboxylic acids is 1. The number of furan rings is 1. The van der Waals surface area contributed by atoms with Crippen LogP contribution < -0.4 is 10.6 Å². The lowest BCUT2D eigenvalue weighted by atomic mass is 10.3. The number of rotatable bonds is 4. The van der Waals surface area contributed by atoms with Crippen LogP contribution in [-0.4, -0.2) is 30.1 Å². The van der Waals surface area contributed by atoms with Gasteiger partial charge < -0.3 is 9.52 Å². The minimum Gasteiger partial charge on any atom is -0.480 e. The number of likely N-dealkylation sites (N-methyl/N-ethyl adjacent to an activating group) is 1. The van der Waals surface area contributed by atoms with Crippen molar-refractivity contribution in [3.05, 3.63) is 17.9 Å². The van der Waals surface area contributed by atoms with Crippen LogP contribution in [0.25, 0.3) is 0 Å². The topological polar surface area (TPSA) is 91.6 Å². The minimum atomic E-state index is -1.28. The lowest BCUT2D eigenvalue weighted by Crippen LogP contribution is -2.44. The van der Waals surface area contributed by atoms with Crippen LogP contribution in [0.4, 0.5) is 5.88 Å². The van der Waals surface area contributed by atoms with Gasteiger partial charge >= 0.3 is 5.97 Å². The number of hydrogen-bond donors (Lipinski definition) is 3. The molecule has 15 heavy (non-hydrogen) atoms. The molecule has 0 aliphatic carbocycles. The molecule has 6 nitrogen and oxygen atoms in total. The van der Waals surface area contributed by atoms with Gasteiger partial charge in [0.05, 0.1) is 0 Å². The molecule has 0 fully saturated rings. The first kappa shape index (κ1) is 11.3. The molecule has 0 saturated carbocycles. The van der Waals surface area contributed by atoms with E-state index in [1.54, 1.807) is 19.1 Å². The minimum absolute atomic E-state index is 0.235. The van der Waals surface area contributed by atoms with E-state index in [-0.39, 0.29) is 5.88 Å². The predicted octanol–water partition coefficient (Wildman–Crippen LogP) is 0.199. The molecular formula is C9H12N2O4. The van der Waals surface area contributed by atoms with Crippen LogP contribution in [0, 0.1) is 6.92 Å². The summed E-state index contributed by atoms with van der Waals surface area (Å²) >= 11 is 0. The highest BCUT2D eigenvalue weighted by Crippen LogP contribution is 2.11. The first-order valence-electron chi connectivity index (χ1n) is 4.32. The molecule has 1 unspecified atom stereocenters. The van der Waals surface area contributed by atoms with Crippen molar-refractivity contribution in [1.29, 1.82) is 0 Å². The molecule has 1 atom stereocenters. The third-order valence-corrected chi connectivity index (χ3v) is 1.78. The van der Waals surface area contributed by atoms with Gasteiger partial charge in [-0.3, -0.25) is 15.4 Å². The summed E-state index contributed by atoms with van der Waals surface area (Å²) < 4.78 is 5.08. The van der Waals surface area contributed by atoms with Crippen LogP contribution >= 0.6 is 0 Å². The number of aryl methyl sites for hydroxylation is 1. The van der Waals surface area contributed by atoms with E-state index in [9.17, 15) is 9.59 Å². The smallest absolute Gasteiger partial charge is 0.330 e. The van der Waals surface area contributed by atoms with E-state index in [1.807, 2.05) is 0 Å². The summed E-state index contributed by atoms with van der Waals surface area (Å²) in [6.07, 6.45) is 0. The summed E-state index contributed by atoms with van der Waals surface area (Å²) in [5.41, 5.74) is 0. The Labute approximate surface area is 86.3 Å². The summed E-state index contributed by atoms with van der Waals surface area (Å²) in [6.45, 7) is 1.72. The number of carboxylic acid groups (broad SMARTS) is 1. The zero-order valence-electron chi connectivity index (χ0n) is 8.40. The Morgan fingerprint density at radius 2 is 2.13 bits per heavy atom. The molecule has 0 saturated heterocycles. The Kier molecular flexibility index (Phi) is 3.46. The molecule has 0 bridgehead atoms. The molecule has 1 amide bonds. The van der Waals surface area contributed by atoms with Gasteiger partial charge in [-0.25, -0.2) is 4.79 Å². The highest BCUT2D eigenvalue weighted by atomic mass is 16.4. The van der Waals surface area contributed by atoms with Gasteiger partial charge in [0.2, 0.25) is 0 Å². The molecule has 82 valence electrons. The van der Waals surface area contributed by atoms with Crippen LogP contribution in [0.3, 0.4) is 0 Å². The normalized spacial score (nSPS) is 12.1. The number of hydrogen-bond acceptors (Lipinski definition) is 4. The Bertz CT molecular complexity index is 372. The van der Waals surface area contributed by atoms with Crippen LogP contribution in [-0.2, 0) is 9.59 Å². The Morgan fingerprint density at radius 3 is 2.53 bits per heavy atom. The predicted molar refractivity (Wildman–Crippen MR) is 52.6 cm³/mol. The van der Waals surface area contributed by atoms with Crippen molar-refractivity contribution in [2.75, 3.05) is 12.4 Å². The van der Waals surface area contributed by atoms with Gasteiger partial charge in [0, 0.05) is 6.07 Å². The van der Waals surface area contributed by atoms with E-state index in [2.05, 4.69) is 10.6 Å². The largest absolute Gasteiger partial charge is 0.480 e. The number of aliphatic carboxylic acids is 1. The van der Waals surface area contributed by atoms with Crippen LogP contribution in [0.1, 0.15) is 5.76 Å². The maximum atomic E-state index is 11.4. The second kappa shape index (κ2) is 4.61. The maximum Gasteiger partial charge on any atom is 0.330 e. The van der Waals surface area contributed by atoms with E-state index >= 15 is 0 Å². The summed E-state index contributed by atoms with van der Waals surface area (Å²) in [6, 6.07) is 1.95. The first-order valence-corrected chi connectivity index (χ1v) is 4.32. The Balaban J connectivity index is 2.66. The van der Waals surface area contributed by atoms with E-state index in [0.717, 1.165) is 0 Å². The highest BCUT2D eigenvalue weighted by molar-refractivity contribution is 6.07. The van der Waals surface area contributed by atoms with Crippen molar-refractivity contribution in [1.82, 2.24) is 5.32 Å². The fourth-order valence-corrected chi connectivity index (χ4v) is 1.06. The number of anilines is 1. The number of amides is 1. The van der Waals surface area contributed by atoms with Gasteiger partial charge in [-0.15, -0.1) is 0 Å². The van der Waals surface area contributed by atoms with Crippen molar-refractivity contribution in [2.45, 2.75) is 13.0 Å². The molecule has 0 aliphatic heterocycles. The standard InChI is InChI=1S/C9H12N2O4/c1-5-3-4-6(15-5)11-8(12)7(10-2)9(13)14/h3-4,7,10H,1-2H3,(H,11,12)(H,13,14). The number of carbonyl (C=O) groups is 2. The SMILES string of the molecule is CNC(C(=O)O)C(=O)Nc1ccc(C)o1. The fraction of sp³-hybridized carbons (Fsp3) is 0.333. The van der Waals surface area contributed by atoms with Gasteiger partial charge in [-0.05, 0) is 20.0 Å². The summed E-state index contributed by atoms with van der Waals surface area (Å²) in [7, 11) is 1.39. The molecule has 0 aromatic carbocycles. The summed E-state index contributed by atoms with van der Waals surface area (Å²) in [4.78, 5) is 22.0. The molecule has 1 aromatic heterocycles. The van der Waals surface area contributed by atoms with Crippen LogP contribution in [0.2, 0.25) is 0 Å². The van der Waals surface area contributed by atoms with Gasteiger partial charge in [0.25, 0.3) is 5.91 Å². The van der Waals surface area contributed by atoms with Crippen molar-refractivity contribution < 1.29 is 19.1 Å². The zero-order chi connectivity index (χ0) is 11.4. The molecule has 1 rings (SSSR count). The van der Waals surface area contributed by atoms with Crippen molar-refractivity contribution in [2.24, 2.45) is 0 Å². The van der Waals surface area contributed by atoms with E-state index in [1.165, 1.54) is 7.05 Å². The van der Waals surface area contributed by atoms with E-state index in [0.29, 0.717) is 5.76 Å². The van der Waals surface area contributed by atoms with E-state index < -0.39 is 17.9 Å². The van der Waals surface area contributed by atoms with Gasteiger partial charge in [0.15, 0.2) is 11.9 Å². The zero-order valence-corrected chi connectivity index (χ0v) is 8.40. The van der Waals surface area contributed by atoms with Gasteiger partial charge in [0.1, 0.15) is 5.76 Å². The Morgan fingerprint density at radius 1 is 1.47 bits per heavy atom. The average Bonchev–Trinajstić information content (AvgIpc) is 2.51. The van der Waals surface area contributed by atoms with Crippen molar-refractivity contribution in [3.63, 3.8) is 0 Å². The Hall–Kier alpha value is -1.82. The molecule has 0 aliphatic rings. The van der Waals surface area contributed by atoms with Crippen LogP contribution in [0.5, 0.6) is 0 Å². The van der Waals surface area contributed by atoms with Crippen molar-refractivity contribution in [3.8, 4) is 0 Å². The molecule has 1 heterocycles. The third kappa shape index (κ3) is 2.81. The van der Waals surface area contributed by atoms with Gasteiger partial charge in [-0.2, -0.15) is 0 Å². The lowest BCUT2D eigenvalue weighted by molar-refractivity contribution is -0.142. The fourth-order valence-electron chi connectivity index (χ4n) is 1.06. The second-order valence-electron chi connectivity index (χ2n) is 2.96. The molecule has 3 N–H and O–H groups in total. The summed E-state index contributed by atoms with van der Waals surface area (Å²) in [5, 5.41) is 13.4. The number of nitrogens with one attached hydrogen (secondary N) is 2. The molecular weight excluding hydrogens is 200 g/mol. The quantitative estimate of drug-likeness (QED) is 0.620. The van der Waals surface area contributed by atoms with Crippen LogP contribution in [0.15, 0.2) is 16.5 Å².